The Morgan fingerprint density at radius 3 is 2.12 bits per heavy atom. The molecule has 128 valence electrons. The first-order chi connectivity index (χ1) is 12.2. The Morgan fingerprint density at radius 1 is 0.880 bits per heavy atom. The van der Waals surface area contributed by atoms with E-state index in [0.29, 0.717) is 5.56 Å². The first-order valence-corrected chi connectivity index (χ1v) is 8.95. The van der Waals surface area contributed by atoms with Crippen LogP contribution in [0.5, 0.6) is 0 Å². The smallest absolute Gasteiger partial charge is 0.253 e. The van der Waals surface area contributed by atoms with Crippen LogP contribution in [0.1, 0.15) is 41.6 Å². The second-order valence-electron chi connectivity index (χ2n) is 6.98. The summed E-state index contributed by atoms with van der Waals surface area (Å²) >= 11 is 0. The van der Waals surface area contributed by atoms with E-state index < -0.39 is 0 Å². The average Bonchev–Trinajstić information content (AvgIpc) is 3.30. The summed E-state index contributed by atoms with van der Waals surface area (Å²) in [7, 11) is 0. The first-order valence-electron chi connectivity index (χ1n) is 8.95. The average molecular weight is 334 g/mol. The summed E-state index contributed by atoms with van der Waals surface area (Å²) in [6, 6.07) is 17.2. The van der Waals surface area contributed by atoms with Crippen LogP contribution >= 0.6 is 0 Å². The van der Waals surface area contributed by atoms with Gasteiger partial charge in [-0.15, -0.1) is 0 Å². The molecule has 0 radical (unpaired) electrons. The molecule has 0 unspecified atom stereocenters. The van der Waals surface area contributed by atoms with E-state index in [1.807, 2.05) is 47.4 Å². The molecule has 1 saturated heterocycles. The molecule has 1 N–H and O–H groups in total. The SMILES string of the molecule is O=C(c1ccc(NC(=O)C2(c3ccccc3)CC2)cc1)N1CCCC1. The number of anilines is 1. The second-order valence-corrected chi connectivity index (χ2v) is 6.98. The van der Waals surface area contributed by atoms with Crippen molar-refractivity contribution < 1.29 is 9.59 Å². The predicted octanol–water partition coefficient (Wildman–Crippen LogP) is 3.59. The van der Waals surface area contributed by atoms with Crippen molar-refractivity contribution in [2.24, 2.45) is 0 Å². The van der Waals surface area contributed by atoms with Crippen LogP contribution in [0.4, 0.5) is 5.69 Å². The van der Waals surface area contributed by atoms with Crippen molar-refractivity contribution in [2.45, 2.75) is 31.1 Å². The highest BCUT2D eigenvalue weighted by molar-refractivity contribution is 6.02. The van der Waals surface area contributed by atoms with Crippen molar-refractivity contribution in [3.05, 3.63) is 65.7 Å². The quantitative estimate of drug-likeness (QED) is 0.929. The molecule has 0 spiro atoms. The van der Waals surface area contributed by atoms with Gasteiger partial charge in [0.25, 0.3) is 5.91 Å². The van der Waals surface area contributed by atoms with Gasteiger partial charge in [0.05, 0.1) is 5.41 Å². The number of carbonyl (C=O) groups excluding carboxylic acids is 2. The van der Waals surface area contributed by atoms with E-state index in [9.17, 15) is 9.59 Å². The number of amides is 2. The molecule has 2 aliphatic rings. The molecular weight excluding hydrogens is 312 g/mol. The zero-order valence-electron chi connectivity index (χ0n) is 14.2. The third-order valence-corrected chi connectivity index (χ3v) is 5.29. The maximum Gasteiger partial charge on any atom is 0.253 e. The van der Waals surface area contributed by atoms with Crippen molar-refractivity contribution >= 4 is 17.5 Å². The molecule has 0 aromatic heterocycles. The molecule has 4 rings (SSSR count). The third-order valence-electron chi connectivity index (χ3n) is 5.29. The summed E-state index contributed by atoms with van der Waals surface area (Å²) in [6.45, 7) is 1.69. The highest BCUT2D eigenvalue weighted by atomic mass is 16.2. The molecule has 1 saturated carbocycles. The van der Waals surface area contributed by atoms with E-state index in [0.717, 1.165) is 50.0 Å². The molecule has 2 fully saturated rings. The van der Waals surface area contributed by atoms with Crippen LogP contribution in [0.3, 0.4) is 0 Å². The fraction of sp³-hybridized carbons (Fsp3) is 0.333. The van der Waals surface area contributed by atoms with Crippen LogP contribution < -0.4 is 5.32 Å². The molecule has 2 amide bonds. The largest absolute Gasteiger partial charge is 0.339 e. The van der Waals surface area contributed by atoms with Crippen LogP contribution in [-0.4, -0.2) is 29.8 Å². The number of nitrogens with one attached hydrogen (secondary N) is 1. The van der Waals surface area contributed by atoms with Gasteiger partial charge < -0.3 is 10.2 Å². The molecule has 1 aliphatic carbocycles. The normalized spacial score (nSPS) is 18.0. The number of nitrogens with zero attached hydrogens (tertiary/aromatic N) is 1. The monoisotopic (exact) mass is 334 g/mol. The van der Waals surface area contributed by atoms with Crippen molar-refractivity contribution in [3.63, 3.8) is 0 Å². The Labute approximate surface area is 147 Å². The Kier molecular flexibility index (Phi) is 4.04. The summed E-state index contributed by atoms with van der Waals surface area (Å²) < 4.78 is 0. The summed E-state index contributed by atoms with van der Waals surface area (Å²) in [6.07, 6.45) is 3.94. The lowest BCUT2D eigenvalue weighted by atomic mass is 9.95. The van der Waals surface area contributed by atoms with Gasteiger partial charge in [0.15, 0.2) is 0 Å². The summed E-state index contributed by atoms with van der Waals surface area (Å²) in [5, 5.41) is 3.02. The van der Waals surface area contributed by atoms with Crippen LogP contribution in [0.2, 0.25) is 0 Å². The molecular formula is C21H22N2O2. The molecule has 25 heavy (non-hydrogen) atoms. The van der Waals surface area contributed by atoms with Gasteiger partial charge in [-0.25, -0.2) is 0 Å². The standard InChI is InChI=1S/C21H22N2O2/c24-19(23-14-4-5-15-23)16-8-10-18(11-9-16)22-20(25)21(12-13-21)17-6-2-1-3-7-17/h1-3,6-11H,4-5,12-15H2,(H,22,25). The Morgan fingerprint density at radius 2 is 1.52 bits per heavy atom. The molecule has 1 aliphatic heterocycles. The van der Waals surface area contributed by atoms with Gasteiger partial charge in [-0.3, -0.25) is 9.59 Å². The van der Waals surface area contributed by atoms with E-state index in [4.69, 9.17) is 0 Å². The maximum absolute atomic E-state index is 12.7. The molecule has 4 nitrogen and oxygen atoms in total. The Hall–Kier alpha value is -2.62. The zero-order valence-corrected chi connectivity index (χ0v) is 14.2. The van der Waals surface area contributed by atoms with Gasteiger partial charge >= 0.3 is 0 Å². The van der Waals surface area contributed by atoms with Crippen molar-refractivity contribution in [1.82, 2.24) is 4.90 Å². The van der Waals surface area contributed by atoms with Gasteiger partial charge in [0.1, 0.15) is 0 Å². The Balaban J connectivity index is 1.45. The highest BCUT2D eigenvalue weighted by Crippen LogP contribution is 2.48. The molecule has 2 aromatic carbocycles. The third kappa shape index (κ3) is 3.04. The lowest BCUT2D eigenvalue weighted by molar-refractivity contribution is -0.118. The minimum atomic E-state index is -0.384. The molecule has 4 heteroatoms. The Bertz CT molecular complexity index is 773. The van der Waals surface area contributed by atoms with Crippen LogP contribution in [0.15, 0.2) is 54.6 Å². The fourth-order valence-electron chi connectivity index (χ4n) is 3.58. The van der Waals surface area contributed by atoms with Gasteiger partial charge in [-0.1, -0.05) is 30.3 Å². The van der Waals surface area contributed by atoms with E-state index >= 15 is 0 Å². The molecule has 0 atom stereocenters. The number of likely N-dealkylation sites (tertiary alicyclic amines) is 1. The van der Waals surface area contributed by atoms with Crippen molar-refractivity contribution in [1.29, 1.82) is 0 Å². The van der Waals surface area contributed by atoms with Gasteiger partial charge in [-0.2, -0.15) is 0 Å². The molecule has 1 heterocycles. The highest BCUT2D eigenvalue weighted by Gasteiger charge is 2.51. The predicted molar refractivity (Wildman–Crippen MR) is 97.6 cm³/mol. The zero-order chi connectivity index (χ0) is 17.3. The van der Waals surface area contributed by atoms with E-state index in [-0.39, 0.29) is 17.2 Å². The number of benzene rings is 2. The maximum atomic E-state index is 12.7. The van der Waals surface area contributed by atoms with E-state index in [1.165, 1.54) is 0 Å². The second kappa shape index (κ2) is 6.36. The van der Waals surface area contributed by atoms with Crippen LogP contribution in [0.25, 0.3) is 0 Å². The fourth-order valence-corrected chi connectivity index (χ4v) is 3.58. The van der Waals surface area contributed by atoms with Gasteiger partial charge in [0.2, 0.25) is 5.91 Å². The number of carbonyl (C=O) groups is 2. The summed E-state index contributed by atoms with van der Waals surface area (Å²) in [5.41, 5.74) is 2.12. The summed E-state index contributed by atoms with van der Waals surface area (Å²) in [5.74, 6) is 0.121. The minimum absolute atomic E-state index is 0.0392. The van der Waals surface area contributed by atoms with Gasteiger partial charge in [-0.05, 0) is 55.5 Å². The molecule has 0 bridgehead atoms. The van der Waals surface area contributed by atoms with Crippen LogP contribution in [-0.2, 0) is 10.2 Å². The van der Waals surface area contributed by atoms with E-state index in [1.54, 1.807) is 12.1 Å². The number of hydrogen-bond acceptors (Lipinski definition) is 2. The van der Waals surface area contributed by atoms with Gasteiger partial charge in [0, 0.05) is 24.3 Å². The first kappa shape index (κ1) is 15.9. The molecule has 2 aromatic rings. The topological polar surface area (TPSA) is 49.4 Å². The van der Waals surface area contributed by atoms with E-state index in [2.05, 4.69) is 5.32 Å². The summed E-state index contributed by atoms with van der Waals surface area (Å²) in [4.78, 5) is 27.0. The van der Waals surface area contributed by atoms with Crippen molar-refractivity contribution in [3.8, 4) is 0 Å². The van der Waals surface area contributed by atoms with Crippen molar-refractivity contribution in [2.75, 3.05) is 18.4 Å². The van der Waals surface area contributed by atoms with Crippen LogP contribution in [0, 0.1) is 0 Å². The lowest BCUT2D eigenvalue weighted by Gasteiger charge is -2.17. The minimum Gasteiger partial charge on any atom is -0.339 e. The lowest BCUT2D eigenvalue weighted by Crippen LogP contribution is -2.28. The number of hydrogen-bond donors (Lipinski definition) is 1. The number of rotatable bonds is 4.